The molecule has 4 rings (SSSR count). The fourth-order valence-corrected chi connectivity index (χ4v) is 5.31. The molecule has 200 valence electrons. The second-order valence-corrected chi connectivity index (χ2v) is 10.3. The van der Waals surface area contributed by atoms with Crippen molar-refractivity contribution in [3.8, 4) is 11.5 Å². The van der Waals surface area contributed by atoms with E-state index in [9.17, 15) is 10.2 Å². The first-order valence-electron chi connectivity index (χ1n) is 13.1. The summed E-state index contributed by atoms with van der Waals surface area (Å²) in [5.74, 6) is 0.143. The molecule has 0 amide bonds. The topological polar surface area (TPSA) is 79.8 Å². The Balaban J connectivity index is 1.75. The maximum atomic E-state index is 11.5. The number of rotatable bonds is 9. The van der Waals surface area contributed by atoms with E-state index in [1.54, 1.807) is 24.3 Å². The predicted molar refractivity (Wildman–Crippen MR) is 155 cm³/mol. The van der Waals surface area contributed by atoms with E-state index in [1.165, 1.54) is 22.3 Å². The minimum absolute atomic E-state index is 0.0650. The van der Waals surface area contributed by atoms with Crippen LogP contribution in [0.5, 0.6) is 11.5 Å². The molecule has 2 atom stereocenters. The predicted octanol–water partition coefficient (Wildman–Crippen LogP) is 5.68. The van der Waals surface area contributed by atoms with Crippen molar-refractivity contribution in [2.75, 3.05) is 13.1 Å². The van der Waals surface area contributed by atoms with Crippen molar-refractivity contribution in [1.82, 2.24) is 20.9 Å². The number of nitrogens with one attached hydrogen (secondary N) is 3. The molecule has 3 aromatic rings. The maximum Gasteiger partial charge on any atom is 0.129 e. The van der Waals surface area contributed by atoms with Crippen molar-refractivity contribution >= 4 is 0 Å². The lowest BCUT2D eigenvalue weighted by atomic mass is 9.97. The van der Waals surface area contributed by atoms with Crippen molar-refractivity contribution in [1.29, 1.82) is 0 Å². The average molecular weight is 513 g/mol. The van der Waals surface area contributed by atoms with Gasteiger partial charge in [0.15, 0.2) is 0 Å². The van der Waals surface area contributed by atoms with Crippen LogP contribution in [0.4, 0.5) is 0 Å². The van der Waals surface area contributed by atoms with Gasteiger partial charge in [0.1, 0.15) is 11.5 Å². The molecule has 3 aromatic carbocycles. The summed E-state index contributed by atoms with van der Waals surface area (Å²) in [5.41, 5.74) is 8.28. The molecule has 0 saturated carbocycles. The van der Waals surface area contributed by atoms with E-state index in [0.717, 1.165) is 11.1 Å². The molecule has 1 heterocycles. The molecule has 6 heteroatoms. The molecule has 1 aliphatic heterocycles. The minimum Gasteiger partial charge on any atom is -0.507 e. The first kappa shape index (κ1) is 27.6. The molecular formula is C32H40N4O2. The van der Waals surface area contributed by atoms with Crippen molar-refractivity contribution < 1.29 is 10.2 Å². The van der Waals surface area contributed by atoms with Gasteiger partial charge in [-0.1, -0.05) is 59.7 Å². The van der Waals surface area contributed by atoms with Crippen LogP contribution in [0.15, 0.2) is 73.8 Å². The van der Waals surface area contributed by atoms with Gasteiger partial charge in [0.25, 0.3) is 0 Å². The van der Waals surface area contributed by atoms with Crippen LogP contribution in [0.25, 0.3) is 0 Å². The van der Waals surface area contributed by atoms with E-state index in [4.69, 9.17) is 0 Å². The Labute approximate surface area is 226 Å². The maximum absolute atomic E-state index is 11.5. The highest BCUT2D eigenvalue weighted by Crippen LogP contribution is 2.38. The lowest BCUT2D eigenvalue weighted by molar-refractivity contribution is 0.199. The Morgan fingerprint density at radius 3 is 1.61 bits per heavy atom. The first-order chi connectivity index (χ1) is 18.2. The van der Waals surface area contributed by atoms with E-state index < -0.39 is 0 Å². The summed E-state index contributed by atoms with van der Waals surface area (Å²) in [6, 6.07) is 16.4. The molecule has 0 radical (unpaired) electrons. The second kappa shape index (κ2) is 12.0. The van der Waals surface area contributed by atoms with Gasteiger partial charge in [-0.15, -0.1) is 13.2 Å². The quantitative estimate of drug-likeness (QED) is 0.237. The number of aromatic hydroxyl groups is 2. The number of aryl methyl sites for hydroxylation is 4. The van der Waals surface area contributed by atoms with E-state index in [0.29, 0.717) is 30.8 Å². The Kier molecular flexibility index (Phi) is 8.69. The van der Waals surface area contributed by atoms with E-state index in [1.807, 2.05) is 0 Å². The summed E-state index contributed by atoms with van der Waals surface area (Å²) in [6.07, 6.45) is 2.91. The molecule has 0 bridgehead atoms. The molecular weight excluding hydrogens is 472 g/mol. The van der Waals surface area contributed by atoms with Crippen molar-refractivity contribution in [2.45, 2.75) is 52.7 Å². The highest BCUT2D eigenvalue weighted by Gasteiger charge is 2.33. The van der Waals surface area contributed by atoms with Gasteiger partial charge in [-0.05, 0) is 62.1 Å². The smallest absolute Gasteiger partial charge is 0.129 e. The third-order valence-corrected chi connectivity index (χ3v) is 7.23. The van der Waals surface area contributed by atoms with Gasteiger partial charge in [-0.2, -0.15) is 0 Å². The summed E-state index contributed by atoms with van der Waals surface area (Å²) in [6.45, 7) is 17.7. The van der Waals surface area contributed by atoms with Crippen LogP contribution in [-0.4, -0.2) is 28.2 Å². The number of phenolic OH excluding ortho intramolecular Hbond substituents is 2. The van der Waals surface area contributed by atoms with Gasteiger partial charge in [-0.3, -0.25) is 20.9 Å². The van der Waals surface area contributed by atoms with Gasteiger partial charge in [-0.25, -0.2) is 0 Å². The molecule has 6 nitrogen and oxygen atoms in total. The SMILES string of the molecule is C=CCN(CC=C)Cc1c(O)ccc(C2NC(c3ccc(C)cc3C)NC(c3ccc(C)cc3C)N2)c1O. The number of hydrogen-bond donors (Lipinski definition) is 5. The molecule has 0 aromatic heterocycles. The summed E-state index contributed by atoms with van der Waals surface area (Å²) in [4.78, 5) is 2.05. The van der Waals surface area contributed by atoms with Crippen LogP contribution in [0.2, 0.25) is 0 Å². The Morgan fingerprint density at radius 1 is 0.711 bits per heavy atom. The first-order valence-corrected chi connectivity index (χ1v) is 13.1. The van der Waals surface area contributed by atoms with Crippen molar-refractivity contribution in [2.24, 2.45) is 0 Å². The van der Waals surface area contributed by atoms with Crippen molar-refractivity contribution in [3.05, 3.63) is 118 Å². The van der Waals surface area contributed by atoms with Crippen molar-refractivity contribution in [3.63, 3.8) is 0 Å². The molecule has 38 heavy (non-hydrogen) atoms. The zero-order valence-electron chi connectivity index (χ0n) is 22.9. The third-order valence-electron chi connectivity index (χ3n) is 7.23. The summed E-state index contributed by atoms with van der Waals surface area (Å²) in [7, 11) is 0. The van der Waals surface area contributed by atoms with Crippen LogP contribution in [0.3, 0.4) is 0 Å². The number of hydrogen-bond acceptors (Lipinski definition) is 6. The van der Waals surface area contributed by atoms with Gasteiger partial charge in [0.05, 0.1) is 24.1 Å². The Hall–Kier alpha value is -3.42. The average Bonchev–Trinajstić information content (AvgIpc) is 2.86. The molecule has 1 saturated heterocycles. The van der Waals surface area contributed by atoms with E-state index >= 15 is 0 Å². The number of phenols is 2. The van der Waals surface area contributed by atoms with Crippen LogP contribution < -0.4 is 16.0 Å². The third kappa shape index (κ3) is 6.00. The highest BCUT2D eigenvalue weighted by atomic mass is 16.3. The normalized spacial score (nSPS) is 19.4. The van der Waals surface area contributed by atoms with Gasteiger partial charge >= 0.3 is 0 Å². The molecule has 2 unspecified atom stereocenters. The van der Waals surface area contributed by atoms with E-state index in [-0.39, 0.29) is 30.0 Å². The minimum atomic E-state index is -0.376. The largest absolute Gasteiger partial charge is 0.507 e. The number of nitrogens with zero attached hydrogens (tertiary/aromatic N) is 1. The lowest BCUT2D eigenvalue weighted by Crippen LogP contribution is -2.54. The van der Waals surface area contributed by atoms with Gasteiger partial charge < -0.3 is 10.2 Å². The molecule has 1 aliphatic rings. The second-order valence-electron chi connectivity index (χ2n) is 10.3. The van der Waals surface area contributed by atoms with Crippen LogP contribution in [0, 0.1) is 27.7 Å². The molecule has 0 spiro atoms. The molecule has 1 fully saturated rings. The summed E-state index contributed by atoms with van der Waals surface area (Å²) < 4.78 is 0. The Morgan fingerprint density at radius 2 is 1.16 bits per heavy atom. The van der Waals surface area contributed by atoms with Crippen LogP contribution in [-0.2, 0) is 6.54 Å². The van der Waals surface area contributed by atoms with Gasteiger partial charge in [0.2, 0.25) is 0 Å². The fraction of sp³-hybridized carbons (Fsp3) is 0.312. The standard InChI is InChI=1S/C32H40N4O2/c1-7-15-36(16-8-2)19-27-28(37)14-13-26(29(27)38)32-34-30(24-11-9-20(3)17-22(24)5)33-31(35-32)25-12-10-21(4)18-23(25)6/h7-14,17-18,30-35,37-38H,1-2,15-16,19H2,3-6H3. The molecule has 5 N–H and O–H groups in total. The monoisotopic (exact) mass is 512 g/mol. The molecule has 0 aliphatic carbocycles. The zero-order chi connectivity index (χ0) is 27.4. The summed E-state index contributed by atoms with van der Waals surface area (Å²) >= 11 is 0. The zero-order valence-corrected chi connectivity index (χ0v) is 22.9. The highest BCUT2D eigenvalue weighted by molar-refractivity contribution is 5.50. The summed E-state index contributed by atoms with van der Waals surface area (Å²) in [5, 5.41) is 33.2. The Bertz CT molecular complexity index is 1250. The van der Waals surface area contributed by atoms with Crippen LogP contribution in [0.1, 0.15) is 63.0 Å². The lowest BCUT2D eigenvalue weighted by Gasteiger charge is -2.41. The van der Waals surface area contributed by atoms with E-state index in [2.05, 4.69) is 98.1 Å². The fourth-order valence-electron chi connectivity index (χ4n) is 5.31. The number of benzene rings is 3. The van der Waals surface area contributed by atoms with Gasteiger partial charge in [0, 0.05) is 25.2 Å². The van der Waals surface area contributed by atoms with Crippen LogP contribution >= 0.6 is 0 Å².